The lowest BCUT2D eigenvalue weighted by Gasteiger charge is -2.08. The van der Waals surface area contributed by atoms with Gasteiger partial charge in [-0.05, 0) is 11.1 Å². The summed E-state index contributed by atoms with van der Waals surface area (Å²) in [5.41, 5.74) is 2.01. The van der Waals surface area contributed by atoms with E-state index in [1.54, 1.807) is 7.11 Å². The van der Waals surface area contributed by atoms with Gasteiger partial charge in [0.1, 0.15) is 5.82 Å². The first-order valence-corrected chi connectivity index (χ1v) is 5.80. The number of hydrogen-bond donors (Lipinski definition) is 1. The first-order valence-electron chi connectivity index (χ1n) is 5.80. The number of benzene rings is 1. The third-order valence-electron chi connectivity index (χ3n) is 2.57. The average Bonchev–Trinajstić information content (AvgIpc) is 2.38. The zero-order valence-electron chi connectivity index (χ0n) is 10.5. The lowest BCUT2D eigenvalue weighted by atomic mass is 10.1. The minimum atomic E-state index is -0.701. The van der Waals surface area contributed by atoms with Crippen LogP contribution in [-0.4, -0.2) is 12.1 Å². The van der Waals surface area contributed by atoms with Gasteiger partial charge in [-0.1, -0.05) is 24.3 Å². The van der Waals surface area contributed by atoms with E-state index in [-0.39, 0.29) is 5.82 Å². The van der Waals surface area contributed by atoms with Crippen molar-refractivity contribution in [3.8, 4) is 0 Å². The molecular weight excluding hydrogens is 250 g/mol. The van der Waals surface area contributed by atoms with E-state index in [4.69, 9.17) is 4.74 Å². The number of methoxy groups -OCH3 is 1. The molecule has 0 fully saturated rings. The number of ether oxygens (including phenoxy) is 1. The molecule has 2 aromatic rings. The Morgan fingerprint density at radius 3 is 2.74 bits per heavy atom. The molecule has 1 N–H and O–H groups in total. The highest BCUT2D eigenvalue weighted by atomic mass is 19.1. The Morgan fingerprint density at radius 1 is 1.21 bits per heavy atom. The molecule has 0 amide bonds. The molecule has 0 saturated carbocycles. The van der Waals surface area contributed by atoms with Gasteiger partial charge in [0.15, 0.2) is 11.6 Å². The van der Waals surface area contributed by atoms with Crippen LogP contribution < -0.4 is 5.32 Å². The van der Waals surface area contributed by atoms with Gasteiger partial charge in [-0.25, -0.2) is 13.8 Å². The minimum absolute atomic E-state index is 0.0403. The van der Waals surface area contributed by atoms with Crippen molar-refractivity contribution in [3.05, 3.63) is 59.3 Å². The predicted octanol–water partition coefficient (Wildman–Crippen LogP) is 3.12. The number of nitrogens with one attached hydrogen (secondary N) is 1. The van der Waals surface area contributed by atoms with E-state index in [0.29, 0.717) is 13.2 Å². The van der Waals surface area contributed by atoms with Gasteiger partial charge < -0.3 is 10.1 Å². The molecule has 0 aliphatic heterocycles. The normalized spacial score (nSPS) is 10.5. The standard InChI is InChI=1S/C14H14F2N2O/c1-19-9-11-4-2-3-10(5-11)7-17-14-13(16)6-12(15)8-18-14/h2-6,8H,7,9H2,1H3,(H,17,18). The van der Waals surface area contributed by atoms with E-state index < -0.39 is 11.6 Å². The van der Waals surface area contributed by atoms with Gasteiger partial charge in [-0.3, -0.25) is 0 Å². The monoisotopic (exact) mass is 264 g/mol. The molecule has 1 heterocycles. The second-order valence-corrected chi connectivity index (χ2v) is 4.09. The first-order chi connectivity index (χ1) is 9.19. The Hall–Kier alpha value is -2.01. The van der Waals surface area contributed by atoms with Crippen molar-refractivity contribution in [2.24, 2.45) is 0 Å². The molecule has 0 atom stereocenters. The van der Waals surface area contributed by atoms with Crippen molar-refractivity contribution < 1.29 is 13.5 Å². The van der Waals surface area contributed by atoms with Crippen LogP contribution in [0.25, 0.3) is 0 Å². The van der Waals surface area contributed by atoms with E-state index in [1.807, 2.05) is 24.3 Å². The van der Waals surface area contributed by atoms with Gasteiger partial charge in [0.05, 0.1) is 12.8 Å². The molecule has 1 aromatic heterocycles. The molecule has 1 aromatic carbocycles. The molecule has 3 nitrogen and oxygen atoms in total. The number of nitrogens with zero attached hydrogens (tertiary/aromatic N) is 1. The van der Waals surface area contributed by atoms with Gasteiger partial charge in [0, 0.05) is 19.7 Å². The molecule has 0 saturated heterocycles. The summed E-state index contributed by atoms with van der Waals surface area (Å²) in [6, 6.07) is 8.52. The third-order valence-corrected chi connectivity index (χ3v) is 2.57. The molecule has 0 unspecified atom stereocenters. The largest absolute Gasteiger partial charge is 0.380 e. The van der Waals surface area contributed by atoms with Gasteiger partial charge in [-0.15, -0.1) is 0 Å². The Labute approximate surface area is 110 Å². The maximum absolute atomic E-state index is 13.4. The number of anilines is 1. The predicted molar refractivity (Wildman–Crippen MR) is 68.6 cm³/mol. The fraction of sp³-hybridized carbons (Fsp3) is 0.214. The zero-order chi connectivity index (χ0) is 13.7. The third kappa shape index (κ3) is 3.72. The number of halogens is 2. The van der Waals surface area contributed by atoms with Crippen molar-refractivity contribution in [1.29, 1.82) is 0 Å². The van der Waals surface area contributed by atoms with Crippen LogP contribution in [0.4, 0.5) is 14.6 Å². The first kappa shape index (κ1) is 13.4. The second-order valence-electron chi connectivity index (χ2n) is 4.09. The Kier molecular flexibility index (Phi) is 4.41. The quantitative estimate of drug-likeness (QED) is 0.901. The van der Waals surface area contributed by atoms with Crippen molar-refractivity contribution in [2.75, 3.05) is 12.4 Å². The smallest absolute Gasteiger partial charge is 0.168 e. The molecule has 0 radical (unpaired) electrons. The summed E-state index contributed by atoms with van der Waals surface area (Å²) in [4.78, 5) is 3.67. The Morgan fingerprint density at radius 2 is 2.00 bits per heavy atom. The lowest BCUT2D eigenvalue weighted by molar-refractivity contribution is 0.185. The van der Waals surface area contributed by atoms with Crippen LogP contribution in [0.1, 0.15) is 11.1 Å². The molecule has 0 spiro atoms. The molecular formula is C14H14F2N2O. The Balaban J connectivity index is 2.03. The van der Waals surface area contributed by atoms with Gasteiger partial charge >= 0.3 is 0 Å². The zero-order valence-corrected chi connectivity index (χ0v) is 10.5. The molecule has 5 heteroatoms. The summed E-state index contributed by atoms with van der Waals surface area (Å²) in [5.74, 6) is -1.35. The van der Waals surface area contributed by atoms with Crippen LogP contribution in [-0.2, 0) is 17.9 Å². The summed E-state index contributed by atoms with van der Waals surface area (Å²) in [7, 11) is 1.63. The van der Waals surface area contributed by atoms with Crippen molar-refractivity contribution in [2.45, 2.75) is 13.2 Å². The van der Waals surface area contributed by atoms with E-state index in [0.717, 1.165) is 23.4 Å². The number of aromatic nitrogens is 1. The Bertz CT molecular complexity index is 561. The maximum Gasteiger partial charge on any atom is 0.168 e. The SMILES string of the molecule is COCc1cccc(CNc2ncc(F)cc2F)c1. The summed E-state index contributed by atoms with van der Waals surface area (Å²) in [5, 5.41) is 2.83. The van der Waals surface area contributed by atoms with Crippen LogP contribution in [0.5, 0.6) is 0 Å². The van der Waals surface area contributed by atoms with Crippen molar-refractivity contribution in [1.82, 2.24) is 4.98 Å². The van der Waals surface area contributed by atoms with Crippen molar-refractivity contribution in [3.63, 3.8) is 0 Å². The molecule has 2 rings (SSSR count). The molecule has 0 bridgehead atoms. The van der Waals surface area contributed by atoms with Gasteiger partial charge in [-0.2, -0.15) is 0 Å². The number of rotatable bonds is 5. The van der Waals surface area contributed by atoms with Crippen LogP contribution in [0, 0.1) is 11.6 Å². The molecule has 100 valence electrons. The molecule has 0 aliphatic rings. The highest BCUT2D eigenvalue weighted by Crippen LogP contribution is 2.13. The van der Waals surface area contributed by atoms with Crippen LogP contribution in [0.3, 0.4) is 0 Å². The van der Waals surface area contributed by atoms with E-state index in [2.05, 4.69) is 10.3 Å². The summed E-state index contributed by atoms with van der Waals surface area (Å²) < 4.78 is 31.1. The van der Waals surface area contributed by atoms with Crippen LogP contribution in [0.2, 0.25) is 0 Å². The molecule has 19 heavy (non-hydrogen) atoms. The average molecular weight is 264 g/mol. The highest BCUT2D eigenvalue weighted by molar-refractivity contribution is 5.37. The fourth-order valence-corrected chi connectivity index (χ4v) is 1.73. The van der Waals surface area contributed by atoms with Crippen LogP contribution >= 0.6 is 0 Å². The lowest BCUT2D eigenvalue weighted by Crippen LogP contribution is -2.04. The van der Waals surface area contributed by atoms with Gasteiger partial charge in [0.25, 0.3) is 0 Å². The summed E-state index contributed by atoms with van der Waals surface area (Å²) in [6.45, 7) is 0.935. The topological polar surface area (TPSA) is 34.1 Å². The van der Waals surface area contributed by atoms with Crippen molar-refractivity contribution >= 4 is 5.82 Å². The van der Waals surface area contributed by atoms with Crippen LogP contribution in [0.15, 0.2) is 36.5 Å². The van der Waals surface area contributed by atoms with E-state index in [1.165, 1.54) is 0 Å². The summed E-state index contributed by atoms with van der Waals surface area (Å²) >= 11 is 0. The fourth-order valence-electron chi connectivity index (χ4n) is 1.73. The summed E-state index contributed by atoms with van der Waals surface area (Å²) in [6.07, 6.45) is 0.979. The maximum atomic E-state index is 13.4. The number of pyridine rings is 1. The number of hydrogen-bond acceptors (Lipinski definition) is 3. The second kappa shape index (κ2) is 6.24. The highest BCUT2D eigenvalue weighted by Gasteiger charge is 2.05. The van der Waals surface area contributed by atoms with E-state index in [9.17, 15) is 8.78 Å². The molecule has 0 aliphatic carbocycles. The van der Waals surface area contributed by atoms with Gasteiger partial charge in [0.2, 0.25) is 0 Å². The van der Waals surface area contributed by atoms with E-state index >= 15 is 0 Å². The minimum Gasteiger partial charge on any atom is -0.380 e.